The highest BCUT2D eigenvalue weighted by molar-refractivity contribution is 6.35. The van der Waals surface area contributed by atoms with Crippen LogP contribution in [0.1, 0.15) is 16.7 Å². The van der Waals surface area contributed by atoms with Gasteiger partial charge in [-0.15, -0.1) is 0 Å². The first-order chi connectivity index (χ1) is 9.52. The summed E-state index contributed by atoms with van der Waals surface area (Å²) in [5.74, 6) is 0.737. The van der Waals surface area contributed by atoms with E-state index in [9.17, 15) is 0 Å². The zero-order valence-electron chi connectivity index (χ0n) is 11.1. The molecule has 2 aromatic rings. The Labute approximate surface area is 121 Å². The molecule has 1 heterocycles. The van der Waals surface area contributed by atoms with Gasteiger partial charge in [0.25, 0.3) is 0 Å². The standard InChI is InChI=1S/C14H14ClN3O2/c1-8-3-4-10(7-9(8)2)20-14-12(15)11(5-6-17-14)13(16)18-19/h3-7,19H,1-2H3,(H2,16,18). The number of halogens is 1. The first-order valence-electron chi connectivity index (χ1n) is 5.90. The molecule has 2 rings (SSSR count). The molecule has 0 aliphatic carbocycles. The van der Waals surface area contributed by atoms with Crippen LogP contribution in [0.4, 0.5) is 0 Å². The van der Waals surface area contributed by atoms with Gasteiger partial charge in [-0.2, -0.15) is 0 Å². The fourth-order valence-corrected chi connectivity index (χ4v) is 1.88. The third-order valence-corrected chi connectivity index (χ3v) is 3.30. The number of oxime groups is 1. The van der Waals surface area contributed by atoms with E-state index in [-0.39, 0.29) is 16.7 Å². The Hall–Kier alpha value is -2.27. The molecule has 0 saturated carbocycles. The molecule has 0 bridgehead atoms. The van der Waals surface area contributed by atoms with Gasteiger partial charge in [0.2, 0.25) is 5.88 Å². The van der Waals surface area contributed by atoms with E-state index in [4.69, 9.17) is 27.3 Å². The van der Waals surface area contributed by atoms with Gasteiger partial charge < -0.3 is 15.7 Å². The minimum absolute atomic E-state index is 0.0951. The number of amidine groups is 1. The maximum Gasteiger partial charge on any atom is 0.238 e. The molecule has 0 aliphatic heterocycles. The number of aromatic nitrogens is 1. The Kier molecular flexibility index (Phi) is 4.10. The molecule has 6 heteroatoms. The fraction of sp³-hybridized carbons (Fsp3) is 0.143. The summed E-state index contributed by atoms with van der Waals surface area (Å²) in [5.41, 5.74) is 8.17. The van der Waals surface area contributed by atoms with Crippen LogP contribution in [-0.2, 0) is 0 Å². The zero-order valence-corrected chi connectivity index (χ0v) is 11.8. The van der Waals surface area contributed by atoms with Crippen molar-refractivity contribution in [3.63, 3.8) is 0 Å². The van der Waals surface area contributed by atoms with Crippen molar-refractivity contribution >= 4 is 17.4 Å². The molecule has 0 spiro atoms. The van der Waals surface area contributed by atoms with Crippen molar-refractivity contribution in [2.24, 2.45) is 10.9 Å². The number of pyridine rings is 1. The minimum atomic E-state index is -0.0951. The van der Waals surface area contributed by atoms with E-state index in [1.54, 1.807) is 6.07 Å². The van der Waals surface area contributed by atoms with Gasteiger partial charge in [0.1, 0.15) is 10.8 Å². The topological polar surface area (TPSA) is 80.7 Å². The molecule has 0 aliphatic rings. The predicted molar refractivity (Wildman–Crippen MR) is 77.7 cm³/mol. The lowest BCUT2D eigenvalue weighted by atomic mass is 10.1. The Bertz CT molecular complexity index is 671. The highest BCUT2D eigenvalue weighted by Gasteiger charge is 2.13. The van der Waals surface area contributed by atoms with E-state index in [0.29, 0.717) is 11.3 Å². The van der Waals surface area contributed by atoms with E-state index < -0.39 is 0 Å². The van der Waals surface area contributed by atoms with E-state index in [1.807, 2.05) is 32.0 Å². The van der Waals surface area contributed by atoms with Crippen LogP contribution in [0.15, 0.2) is 35.6 Å². The number of benzene rings is 1. The lowest BCUT2D eigenvalue weighted by Crippen LogP contribution is -2.14. The van der Waals surface area contributed by atoms with Crippen LogP contribution in [0.5, 0.6) is 11.6 Å². The Balaban J connectivity index is 2.36. The van der Waals surface area contributed by atoms with Crippen molar-refractivity contribution in [2.75, 3.05) is 0 Å². The molecule has 5 nitrogen and oxygen atoms in total. The van der Waals surface area contributed by atoms with Crippen LogP contribution in [0, 0.1) is 13.8 Å². The van der Waals surface area contributed by atoms with Crippen molar-refractivity contribution in [3.8, 4) is 11.6 Å². The number of nitrogens with two attached hydrogens (primary N) is 1. The van der Waals surface area contributed by atoms with Crippen LogP contribution < -0.4 is 10.5 Å². The van der Waals surface area contributed by atoms with Crippen LogP contribution in [0.2, 0.25) is 5.02 Å². The van der Waals surface area contributed by atoms with Gasteiger partial charge in [-0.1, -0.05) is 22.8 Å². The normalized spacial score (nSPS) is 11.4. The van der Waals surface area contributed by atoms with E-state index in [0.717, 1.165) is 5.56 Å². The molecule has 0 amide bonds. The van der Waals surface area contributed by atoms with Gasteiger partial charge >= 0.3 is 0 Å². The second-order valence-corrected chi connectivity index (χ2v) is 4.69. The number of nitrogens with zero attached hydrogens (tertiary/aromatic N) is 2. The van der Waals surface area contributed by atoms with Crippen LogP contribution in [0.25, 0.3) is 0 Å². The molecule has 0 atom stereocenters. The first-order valence-corrected chi connectivity index (χ1v) is 6.28. The van der Waals surface area contributed by atoms with Crippen molar-refractivity contribution in [3.05, 3.63) is 52.2 Å². The second kappa shape index (κ2) is 5.79. The number of hydrogen-bond acceptors (Lipinski definition) is 4. The van der Waals surface area contributed by atoms with Crippen LogP contribution in [0.3, 0.4) is 0 Å². The van der Waals surface area contributed by atoms with Gasteiger partial charge in [0.05, 0.1) is 0 Å². The molecular formula is C14H14ClN3O2. The molecule has 1 aromatic heterocycles. The molecule has 20 heavy (non-hydrogen) atoms. The molecule has 104 valence electrons. The molecular weight excluding hydrogens is 278 g/mol. The van der Waals surface area contributed by atoms with Crippen LogP contribution >= 0.6 is 11.6 Å². The first kappa shape index (κ1) is 14.1. The summed E-state index contributed by atoms with van der Waals surface area (Å²) in [6.45, 7) is 4.01. The number of aryl methyl sites for hydroxylation is 2. The third-order valence-electron chi connectivity index (χ3n) is 2.93. The molecule has 0 saturated heterocycles. The van der Waals surface area contributed by atoms with Gasteiger partial charge in [-0.3, -0.25) is 0 Å². The molecule has 0 fully saturated rings. The Morgan fingerprint density at radius 3 is 2.70 bits per heavy atom. The second-order valence-electron chi connectivity index (χ2n) is 4.31. The van der Waals surface area contributed by atoms with Crippen molar-refractivity contribution in [2.45, 2.75) is 13.8 Å². The average molecular weight is 292 g/mol. The van der Waals surface area contributed by atoms with E-state index in [1.165, 1.54) is 11.8 Å². The van der Waals surface area contributed by atoms with Crippen LogP contribution in [-0.4, -0.2) is 16.0 Å². The summed E-state index contributed by atoms with van der Waals surface area (Å²) in [4.78, 5) is 4.06. The van der Waals surface area contributed by atoms with Crippen molar-refractivity contribution < 1.29 is 9.94 Å². The summed E-state index contributed by atoms with van der Waals surface area (Å²) < 4.78 is 5.65. The lowest BCUT2D eigenvalue weighted by molar-refractivity contribution is 0.318. The monoisotopic (exact) mass is 291 g/mol. The number of ether oxygens (including phenoxy) is 1. The van der Waals surface area contributed by atoms with Gasteiger partial charge in [-0.05, 0) is 43.2 Å². The molecule has 0 radical (unpaired) electrons. The zero-order chi connectivity index (χ0) is 14.7. The summed E-state index contributed by atoms with van der Waals surface area (Å²) in [5, 5.41) is 11.8. The van der Waals surface area contributed by atoms with Gasteiger partial charge in [0, 0.05) is 11.8 Å². The summed E-state index contributed by atoms with van der Waals surface area (Å²) in [6, 6.07) is 7.22. The fourth-order valence-electron chi connectivity index (χ4n) is 1.64. The number of hydrogen-bond donors (Lipinski definition) is 2. The van der Waals surface area contributed by atoms with Gasteiger partial charge in [0.15, 0.2) is 5.84 Å². The Morgan fingerprint density at radius 2 is 2.05 bits per heavy atom. The summed E-state index contributed by atoms with van der Waals surface area (Å²) in [6.07, 6.45) is 1.48. The quantitative estimate of drug-likeness (QED) is 0.394. The maximum atomic E-state index is 8.70. The summed E-state index contributed by atoms with van der Waals surface area (Å²) >= 11 is 6.14. The third kappa shape index (κ3) is 2.83. The van der Waals surface area contributed by atoms with Crippen molar-refractivity contribution in [1.29, 1.82) is 0 Å². The predicted octanol–water partition coefficient (Wildman–Crippen LogP) is 3.24. The SMILES string of the molecule is Cc1ccc(Oc2nccc(/C(N)=N/O)c2Cl)cc1C. The minimum Gasteiger partial charge on any atom is -0.438 e. The largest absolute Gasteiger partial charge is 0.438 e. The average Bonchev–Trinajstić information content (AvgIpc) is 2.44. The molecule has 1 aromatic carbocycles. The van der Waals surface area contributed by atoms with Crippen molar-refractivity contribution in [1.82, 2.24) is 4.98 Å². The maximum absolute atomic E-state index is 8.70. The molecule has 3 N–H and O–H groups in total. The smallest absolute Gasteiger partial charge is 0.238 e. The summed E-state index contributed by atoms with van der Waals surface area (Å²) in [7, 11) is 0. The van der Waals surface area contributed by atoms with E-state index in [2.05, 4.69) is 10.1 Å². The molecule has 0 unspecified atom stereocenters. The highest BCUT2D eigenvalue weighted by atomic mass is 35.5. The lowest BCUT2D eigenvalue weighted by Gasteiger charge is -2.10. The number of rotatable bonds is 3. The highest BCUT2D eigenvalue weighted by Crippen LogP contribution is 2.30. The van der Waals surface area contributed by atoms with Gasteiger partial charge in [-0.25, -0.2) is 4.98 Å². The Morgan fingerprint density at radius 1 is 1.30 bits per heavy atom. The van der Waals surface area contributed by atoms with E-state index >= 15 is 0 Å².